The lowest BCUT2D eigenvalue weighted by Gasteiger charge is -2.41. The van der Waals surface area contributed by atoms with Gasteiger partial charge in [0, 0.05) is 52.9 Å². The van der Waals surface area contributed by atoms with Gasteiger partial charge in [0.25, 0.3) is 5.91 Å². The van der Waals surface area contributed by atoms with Crippen LogP contribution in [0.5, 0.6) is 0 Å². The molecule has 0 aliphatic carbocycles. The molecule has 12 heteroatoms. The van der Waals surface area contributed by atoms with Crippen LogP contribution in [0.1, 0.15) is 72.9 Å². The summed E-state index contributed by atoms with van der Waals surface area (Å²) in [6, 6.07) is 21.1. The molecule has 10 nitrogen and oxygen atoms in total. The van der Waals surface area contributed by atoms with Crippen LogP contribution in [0.25, 0.3) is 0 Å². The van der Waals surface area contributed by atoms with Crippen LogP contribution in [0.2, 0.25) is 10.0 Å². The van der Waals surface area contributed by atoms with Crippen LogP contribution >= 0.6 is 23.2 Å². The average molecular weight is 764 g/mol. The third-order valence-electron chi connectivity index (χ3n) is 10.2. The molecule has 1 N–H and O–H groups in total. The van der Waals surface area contributed by atoms with Crippen LogP contribution in [0, 0.1) is 16.7 Å². The Labute approximate surface area is 324 Å². The number of anilines is 2. The summed E-state index contributed by atoms with van der Waals surface area (Å²) in [5, 5.41) is 4.11. The Kier molecular flexibility index (Phi) is 11.7. The normalized spacial score (nSPS) is 21.3. The van der Waals surface area contributed by atoms with E-state index in [9.17, 15) is 19.2 Å². The van der Waals surface area contributed by atoms with Gasteiger partial charge in [0.2, 0.25) is 5.91 Å². The summed E-state index contributed by atoms with van der Waals surface area (Å²) in [4.78, 5) is 65.4. The molecule has 6 amide bonds. The molecule has 2 saturated heterocycles. The van der Waals surface area contributed by atoms with Crippen LogP contribution in [-0.4, -0.2) is 82.5 Å². The highest BCUT2D eigenvalue weighted by atomic mass is 35.5. The van der Waals surface area contributed by atoms with Crippen LogP contribution in [0.15, 0.2) is 78.9 Å². The zero-order valence-corrected chi connectivity index (χ0v) is 33.7. The van der Waals surface area contributed by atoms with Crippen LogP contribution in [0.3, 0.4) is 0 Å². The summed E-state index contributed by atoms with van der Waals surface area (Å²) in [5.41, 5.74) is 1.02. The van der Waals surface area contributed by atoms with Crippen molar-refractivity contribution in [2.45, 2.75) is 85.7 Å². The molecule has 5 unspecified atom stereocenters. The number of halogens is 2. The fourth-order valence-corrected chi connectivity index (χ4v) is 8.03. The molecule has 284 valence electrons. The van der Waals surface area contributed by atoms with E-state index in [4.69, 9.17) is 23.2 Å². The van der Waals surface area contributed by atoms with E-state index in [2.05, 4.69) is 12.2 Å². The van der Waals surface area contributed by atoms with E-state index in [1.807, 2.05) is 76.8 Å². The predicted octanol–water partition coefficient (Wildman–Crippen LogP) is 8.97. The largest absolute Gasteiger partial charge is 0.326 e. The van der Waals surface area contributed by atoms with Crippen molar-refractivity contribution < 1.29 is 19.2 Å². The molecule has 2 heterocycles. The molecule has 0 spiro atoms. The second kappa shape index (κ2) is 15.6. The van der Waals surface area contributed by atoms with E-state index in [-0.39, 0.29) is 23.8 Å². The summed E-state index contributed by atoms with van der Waals surface area (Å²) in [5.74, 6) is -0.346. The Hall–Kier alpha value is -4.28. The fraction of sp³-hybridized carbons (Fsp3) is 0.463. The number of rotatable bonds is 8. The third-order valence-corrected chi connectivity index (χ3v) is 10.7. The lowest BCUT2D eigenvalue weighted by atomic mass is 9.90. The molecule has 2 aliphatic heterocycles. The smallest absolute Gasteiger partial charge is 0.323 e. The minimum Gasteiger partial charge on any atom is -0.323 e. The van der Waals surface area contributed by atoms with Gasteiger partial charge in [0.1, 0.15) is 24.4 Å². The Balaban J connectivity index is 1.41. The van der Waals surface area contributed by atoms with Gasteiger partial charge in [0.15, 0.2) is 0 Å². The summed E-state index contributed by atoms with van der Waals surface area (Å²) in [6.07, 6.45) is -0.0921. The maximum atomic E-state index is 14.5. The van der Waals surface area contributed by atoms with Crippen molar-refractivity contribution in [2.24, 2.45) is 16.7 Å². The predicted molar refractivity (Wildman–Crippen MR) is 212 cm³/mol. The van der Waals surface area contributed by atoms with Crippen molar-refractivity contribution in [3.63, 3.8) is 0 Å². The average Bonchev–Trinajstić information content (AvgIpc) is 3.54. The molecular weight excluding hydrogens is 711 g/mol. The van der Waals surface area contributed by atoms with E-state index >= 15 is 0 Å². The van der Waals surface area contributed by atoms with Crippen molar-refractivity contribution >= 4 is 58.5 Å². The first-order valence-corrected chi connectivity index (χ1v) is 18.9. The Morgan fingerprint density at radius 2 is 1.34 bits per heavy atom. The summed E-state index contributed by atoms with van der Waals surface area (Å²) >= 11 is 12.2. The van der Waals surface area contributed by atoms with Crippen molar-refractivity contribution in [1.82, 2.24) is 19.6 Å². The topological polar surface area (TPSA) is 96.5 Å². The standard InChI is InChI=1S/C41H52Cl2N6O4/c1-26(25-32-34(50)46(9)36(40(2,3)4)48(32)39(53)45(8)31-21-17-29(43)18-22-31)23-24-47-35(51)33(27-13-11-10-12-14-27)49(37(47)41(5,6)7)38(52)44-30-19-15-28(42)16-20-30/h10-22,26,32-33,36-37H,23-25H2,1-9H3,(H,44,52). The van der Waals surface area contributed by atoms with Crippen molar-refractivity contribution in [1.29, 1.82) is 0 Å². The fourth-order valence-electron chi connectivity index (χ4n) is 7.78. The summed E-state index contributed by atoms with van der Waals surface area (Å²) < 4.78 is 0. The minimum absolute atomic E-state index is 0.0623. The highest BCUT2D eigenvalue weighted by molar-refractivity contribution is 6.31. The van der Waals surface area contributed by atoms with Gasteiger partial charge in [0.05, 0.1) is 0 Å². The number of nitrogens with one attached hydrogen (secondary N) is 1. The van der Waals surface area contributed by atoms with Crippen LogP contribution < -0.4 is 10.2 Å². The molecule has 2 fully saturated rings. The highest BCUT2D eigenvalue weighted by Crippen LogP contribution is 2.43. The van der Waals surface area contributed by atoms with Gasteiger partial charge in [-0.1, -0.05) is 102 Å². The lowest BCUT2D eigenvalue weighted by molar-refractivity contribution is -0.132. The maximum Gasteiger partial charge on any atom is 0.326 e. The van der Waals surface area contributed by atoms with Gasteiger partial charge in [-0.2, -0.15) is 0 Å². The van der Waals surface area contributed by atoms with Gasteiger partial charge in [-0.3, -0.25) is 24.3 Å². The molecule has 0 aromatic heterocycles. The van der Waals surface area contributed by atoms with E-state index < -0.39 is 41.3 Å². The minimum atomic E-state index is -0.836. The van der Waals surface area contributed by atoms with E-state index in [0.717, 1.165) is 5.56 Å². The van der Waals surface area contributed by atoms with E-state index in [0.29, 0.717) is 40.8 Å². The van der Waals surface area contributed by atoms with Gasteiger partial charge in [-0.05, 0) is 72.9 Å². The van der Waals surface area contributed by atoms with Gasteiger partial charge in [-0.25, -0.2) is 9.59 Å². The van der Waals surface area contributed by atoms with Gasteiger partial charge < -0.3 is 15.1 Å². The van der Waals surface area contributed by atoms with Crippen molar-refractivity contribution in [2.75, 3.05) is 30.9 Å². The third kappa shape index (κ3) is 8.44. The number of urea groups is 2. The second-order valence-corrected chi connectivity index (χ2v) is 17.4. The zero-order chi connectivity index (χ0) is 39.0. The molecule has 3 aromatic rings. The first-order valence-electron chi connectivity index (χ1n) is 18.1. The van der Waals surface area contributed by atoms with E-state index in [1.54, 1.807) is 82.2 Å². The molecule has 5 atom stereocenters. The molecule has 5 rings (SSSR count). The summed E-state index contributed by atoms with van der Waals surface area (Å²) in [6.45, 7) is 14.6. The SMILES string of the molecule is CC(CCN1C(=O)C(c2ccccc2)N(C(=O)Nc2ccc(Cl)cc2)C1C(C)(C)C)CC1C(=O)N(C)C(C(C)(C)C)N1C(=O)N(C)c1ccc(Cl)cc1. The number of hydrogen-bond acceptors (Lipinski definition) is 4. The summed E-state index contributed by atoms with van der Waals surface area (Å²) in [7, 11) is 3.47. The number of carbonyl (C=O) groups is 4. The molecule has 0 saturated carbocycles. The van der Waals surface area contributed by atoms with Crippen LogP contribution in [0.4, 0.5) is 21.0 Å². The van der Waals surface area contributed by atoms with Gasteiger partial charge >= 0.3 is 12.1 Å². The number of hydrogen-bond donors (Lipinski definition) is 1. The molecule has 0 bridgehead atoms. The lowest BCUT2D eigenvalue weighted by Crippen LogP contribution is -2.54. The van der Waals surface area contributed by atoms with E-state index in [1.165, 1.54) is 0 Å². The first-order chi connectivity index (χ1) is 24.8. The monoisotopic (exact) mass is 762 g/mol. The molecule has 53 heavy (non-hydrogen) atoms. The maximum absolute atomic E-state index is 14.5. The first kappa shape index (κ1) is 39.9. The molecule has 2 aliphatic rings. The van der Waals surface area contributed by atoms with Crippen LogP contribution in [-0.2, 0) is 9.59 Å². The number of amides is 6. The second-order valence-electron chi connectivity index (χ2n) is 16.5. The number of likely N-dealkylation sites (N-methyl/N-ethyl adjacent to an activating group) is 1. The zero-order valence-electron chi connectivity index (χ0n) is 32.1. The number of nitrogens with zero attached hydrogens (tertiary/aromatic N) is 5. The van der Waals surface area contributed by atoms with Crippen molar-refractivity contribution in [3.8, 4) is 0 Å². The van der Waals surface area contributed by atoms with Gasteiger partial charge in [-0.15, -0.1) is 0 Å². The van der Waals surface area contributed by atoms with Crippen molar-refractivity contribution in [3.05, 3.63) is 94.5 Å². The number of benzene rings is 3. The Morgan fingerprint density at radius 1 is 0.792 bits per heavy atom. The molecular formula is C41H52Cl2N6O4. The quantitative estimate of drug-likeness (QED) is 0.248. The molecule has 0 radical (unpaired) electrons. The number of carbonyl (C=O) groups excluding carboxylic acids is 4. The Bertz CT molecular complexity index is 1790. The Morgan fingerprint density at radius 3 is 1.89 bits per heavy atom. The highest BCUT2D eigenvalue weighted by Gasteiger charge is 2.54. The molecule has 3 aromatic carbocycles.